The molecule has 0 aliphatic carbocycles. The zero-order valence-corrected chi connectivity index (χ0v) is 10.3. The number of benzene rings is 1. The molecule has 1 aliphatic rings. The molecule has 3 nitrogen and oxygen atoms in total. The van der Waals surface area contributed by atoms with Gasteiger partial charge in [-0.1, -0.05) is 6.07 Å². The summed E-state index contributed by atoms with van der Waals surface area (Å²) in [5.41, 5.74) is -0.434. The van der Waals surface area contributed by atoms with Crippen LogP contribution in [0.25, 0.3) is 0 Å². The van der Waals surface area contributed by atoms with Crippen LogP contribution in [0, 0.1) is 0 Å². The van der Waals surface area contributed by atoms with Gasteiger partial charge in [0, 0.05) is 12.2 Å². The minimum Gasteiger partial charge on any atom is -0.394 e. The SMILES string of the molecule is OCc1ccc(N2CCCC2CO)c(C(F)(F)F)c1. The van der Waals surface area contributed by atoms with E-state index in [9.17, 15) is 18.3 Å². The van der Waals surface area contributed by atoms with Crippen LogP contribution in [0.3, 0.4) is 0 Å². The lowest BCUT2D eigenvalue weighted by Crippen LogP contribution is -2.33. The van der Waals surface area contributed by atoms with E-state index >= 15 is 0 Å². The van der Waals surface area contributed by atoms with Crippen LogP contribution in [0.2, 0.25) is 0 Å². The molecule has 106 valence electrons. The fraction of sp³-hybridized carbons (Fsp3) is 0.538. The van der Waals surface area contributed by atoms with E-state index in [4.69, 9.17) is 5.11 Å². The van der Waals surface area contributed by atoms with Gasteiger partial charge in [0.1, 0.15) is 0 Å². The Morgan fingerprint density at radius 2 is 2.00 bits per heavy atom. The largest absolute Gasteiger partial charge is 0.418 e. The fourth-order valence-electron chi connectivity index (χ4n) is 2.50. The number of hydrogen-bond donors (Lipinski definition) is 2. The number of nitrogens with zero attached hydrogens (tertiary/aromatic N) is 1. The Kier molecular flexibility index (Phi) is 4.01. The Morgan fingerprint density at radius 3 is 2.58 bits per heavy atom. The molecule has 1 fully saturated rings. The van der Waals surface area contributed by atoms with Gasteiger partial charge in [-0.05, 0) is 30.5 Å². The van der Waals surface area contributed by atoms with Crippen molar-refractivity contribution in [2.75, 3.05) is 18.1 Å². The lowest BCUT2D eigenvalue weighted by Gasteiger charge is -2.28. The molecule has 1 aliphatic heterocycles. The summed E-state index contributed by atoms with van der Waals surface area (Å²) >= 11 is 0. The van der Waals surface area contributed by atoms with Crippen LogP contribution < -0.4 is 4.90 Å². The molecule has 1 unspecified atom stereocenters. The van der Waals surface area contributed by atoms with Gasteiger partial charge in [-0.2, -0.15) is 13.2 Å². The van der Waals surface area contributed by atoms with Gasteiger partial charge in [-0.15, -0.1) is 0 Å². The molecule has 1 aromatic carbocycles. The summed E-state index contributed by atoms with van der Waals surface area (Å²) in [5.74, 6) is 0. The van der Waals surface area contributed by atoms with E-state index in [-0.39, 0.29) is 23.9 Å². The molecule has 19 heavy (non-hydrogen) atoms. The van der Waals surface area contributed by atoms with Crippen molar-refractivity contribution < 1.29 is 23.4 Å². The summed E-state index contributed by atoms with van der Waals surface area (Å²) in [4.78, 5) is 1.60. The maximum Gasteiger partial charge on any atom is 0.418 e. The lowest BCUT2D eigenvalue weighted by molar-refractivity contribution is -0.137. The van der Waals surface area contributed by atoms with E-state index in [1.54, 1.807) is 4.90 Å². The van der Waals surface area contributed by atoms with Crippen molar-refractivity contribution in [1.29, 1.82) is 0 Å². The quantitative estimate of drug-likeness (QED) is 0.888. The third kappa shape index (κ3) is 2.84. The van der Waals surface area contributed by atoms with Crippen LogP contribution in [0.15, 0.2) is 18.2 Å². The number of rotatable bonds is 3. The molecule has 0 aromatic heterocycles. The van der Waals surface area contributed by atoms with E-state index in [1.165, 1.54) is 12.1 Å². The zero-order chi connectivity index (χ0) is 14.0. The highest BCUT2D eigenvalue weighted by Gasteiger charge is 2.37. The normalized spacial score (nSPS) is 20.1. The summed E-state index contributed by atoms with van der Waals surface area (Å²) < 4.78 is 39.2. The van der Waals surface area contributed by atoms with Crippen molar-refractivity contribution in [3.05, 3.63) is 29.3 Å². The number of hydrogen-bond acceptors (Lipinski definition) is 3. The van der Waals surface area contributed by atoms with Crippen molar-refractivity contribution in [1.82, 2.24) is 0 Å². The topological polar surface area (TPSA) is 43.7 Å². The summed E-state index contributed by atoms with van der Waals surface area (Å²) in [7, 11) is 0. The van der Waals surface area contributed by atoms with Crippen LogP contribution in [0.5, 0.6) is 0 Å². The predicted molar refractivity (Wildman–Crippen MR) is 64.8 cm³/mol. The first kappa shape index (κ1) is 14.1. The summed E-state index contributed by atoms with van der Waals surface area (Å²) in [6.07, 6.45) is -3.01. The van der Waals surface area contributed by atoms with Gasteiger partial charge in [0.05, 0.1) is 24.8 Å². The Morgan fingerprint density at radius 1 is 1.26 bits per heavy atom. The van der Waals surface area contributed by atoms with Crippen LogP contribution in [-0.4, -0.2) is 29.4 Å². The molecule has 6 heteroatoms. The molecule has 2 N–H and O–H groups in total. The van der Waals surface area contributed by atoms with Gasteiger partial charge < -0.3 is 15.1 Å². The highest BCUT2D eigenvalue weighted by atomic mass is 19.4. The minimum absolute atomic E-state index is 0.0845. The molecule has 1 atom stereocenters. The molecule has 0 radical (unpaired) electrons. The molecule has 0 amide bonds. The maximum absolute atomic E-state index is 13.1. The molecule has 0 spiro atoms. The summed E-state index contributed by atoms with van der Waals surface area (Å²) in [5, 5.41) is 18.2. The Bertz CT molecular complexity index is 448. The van der Waals surface area contributed by atoms with Gasteiger partial charge in [0.15, 0.2) is 0 Å². The first-order valence-electron chi connectivity index (χ1n) is 6.16. The first-order chi connectivity index (χ1) is 8.97. The van der Waals surface area contributed by atoms with Crippen molar-refractivity contribution in [3.63, 3.8) is 0 Å². The van der Waals surface area contributed by atoms with E-state index in [2.05, 4.69) is 0 Å². The van der Waals surface area contributed by atoms with Gasteiger partial charge >= 0.3 is 6.18 Å². The smallest absolute Gasteiger partial charge is 0.394 e. The molecule has 2 rings (SSSR count). The zero-order valence-electron chi connectivity index (χ0n) is 10.3. The highest BCUT2D eigenvalue weighted by Crippen LogP contribution is 2.39. The Balaban J connectivity index is 2.44. The molecule has 0 bridgehead atoms. The van der Waals surface area contributed by atoms with Crippen LogP contribution in [0.1, 0.15) is 24.0 Å². The molecule has 0 saturated carbocycles. The number of anilines is 1. The summed E-state index contributed by atoms with van der Waals surface area (Å²) in [6.45, 7) is -0.0708. The second-order valence-corrected chi connectivity index (χ2v) is 4.68. The highest BCUT2D eigenvalue weighted by molar-refractivity contribution is 5.57. The van der Waals surface area contributed by atoms with E-state index < -0.39 is 18.3 Å². The third-order valence-electron chi connectivity index (χ3n) is 3.45. The van der Waals surface area contributed by atoms with Crippen molar-refractivity contribution in [2.45, 2.75) is 31.7 Å². The Hall–Kier alpha value is -1.27. The first-order valence-corrected chi connectivity index (χ1v) is 6.16. The van der Waals surface area contributed by atoms with Crippen molar-refractivity contribution >= 4 is 5.69 Å². The second-order valence-electron chi connectivity index (χ2n) is 4.68. The minimum atomic E-state index is -4.47. The molecular weight excluding hydrogens is 259 g/mol. The summed E-state index contributed by atoms with van der Waals surface area (Å²) in [6, 6.07) is 3.57. The van der Waals surface area contributed by atoms with Gasteiger partial charge in [0.25, 0.3) is 0 Å². The molecule has 1 saturated heterocycles. The van der Waals surface area contributed by atoms with Crippen LogP contribution in [-0.2, 0) is 12.8 Å². The second kappa shape index (κ2) is 5.38. The van der Waals surface area contributed by atoms with Crippen LogP contribution in [0.4, 0.5) is 18.9 Å². The number of alkyl halides is 3. The maximum atomic E-state index is 13.1. The van der Waals surface area contributed by atoms with E-state index in [0.717, 1.165) is 12.5 Å². The van der Waals surface area contributed by atoms with Crippen LogP contribution >= 0.6 is 0 Å². The Labute approximate surface area is 109 Å². The van der Waals surface area contributed by atoms with E-state index in [1.807, 2.05) is 0 Å². The van der Waals surface area contributed by atoms with Gasteiger partial charge in [-0.25, -0.2) is 0 Å². The molecular formula is C13H16F3NO2. The van der Waals surface area contributed by atoms with Crippen molar-refractivity contribution in [3.8, 4) is 0 Å². The average Bonchev–Trinajstić information content (AvgIpc) is 2.85. The fourth-order valence-corrected chi connectivity index (χ4v) is 2.50. The van der Waals surface area contributed by atoms with Gasteiger partial charge in [-0.3, -0.25) is 0 Å². The van der Waals surface area contributed by atoms with Gasteiger partial charge in [0.2, 0.25) is 0 Å². The number of aliphatic hydroxyl groups is 2. The van der Waals surface area contributed by atoms with Crippen molar-refractivity contribution in [2.24, 2.45) is 0 Å². The number of halogens is 3. The predicted octanol–water partition coefficient (Wildman–Crippen LogP) is 2.16. The lowest BCUT2D eigenvalue weighted by atomic mass is 10.1. The standard InChI is InChI=1S/C13H16F3NO2/c14-13(15,16)11-6-9(7-18)3-4-12(11)17-5-1-2-10(17)8-19/h3-4,6,10,18-19H,1-2,5,7-8H2. The number of aliphatic hydroxyl groups excluding tert-OH is 2. The average molecular weight is 275 g/mol. The third-order valence-corrected chi connectivity index (χ3v) is 3.45. The monoisotopic (exact) mass is 275 g/mol. The molecule has 1 heterocycles. The van der Waals surface area contributed by atoms with E-state index in [0.29, 0.717) is 13.0 Å². The molecule has 1 aromatic rings.